The second kappa shape index (κ2) is 26.5. The molecule has 15 atom stereocenters. The van der Waals surface area contributed by atoms with Crippen LogP contribution in [-0.2, 0) is 56.7 Å². The molecule has 2 saturated heterocycles. The van der Waals surface area contributed by atoms with E-state index in [1.165, 1.54) is 12.0 Å². The molecule has 0 spiro atoms. The zero-order valence-corrected chi connectivity index (χ0v) is 44.3. The van der Waals surface area contributed by atoms with Crippen molar-refractivity contribution in [3.05, 3.63) is 47.6 Å². The molecular weight excluding hydrogens is 906 g/mol. The highest BCUT2D eigenvalue weighted by molar-refractivity contribution is 7.57. The molecule has 390 valence electrons. The fraction of sp³-hybridized carbons (Fsp3) is 0.755. The lowest BCUT2D eigenvalue weighted by molar-refractivity contribution is -0.265. The van der Waals surface area contributed by atoms with Crippen LogP contribution < -0.4 is 0 Å². The van der Waals surface area contributed by atoms with Gasteiger partial charge in [0.05, 0.1) is 24.4 Å². The number of carbonyl (C=O) groups is 5. The first-order valence-corrected chi connectivity index (χ1v) is 27.7. The van der Waals surface area contributed by atoms with Gasteiger partial charge < -0.3 is 43.3 Å². The third-order valence-electron chi connectivity index (χ3n) is 14.8. The summed E-state index contributed by atoms with van der Waals surface area (Å²) in [5, 5.41) is 23.5. The Kier molecular flexibility index (Phi) is 22.5. The number of piperidine rings is 1. The molecule has 3 aliphatic heterocycles. The fourth-order valence-electron chi connectivity index (χ4n) is 10.5. The number of rotatable bonds is 8. The largest absolute Gasteiger partial charge is 0.460 e. The van der Waals surface area contributed by atoms with Gasteiger partial charge in [-0.05, 0) is 107 Å². The molecule has 3 heterocycles. The highest BCUT2D eigenvalue weighted by Gasteiger charge is 2.53. The Labute approximate surface area is 411 Å². The van der Waals surface area contributed by atoms with Crippen LogP contribution in [-0.4, -0.2) is 140 Å². The first-order valence-electron chi connectivity index (χ1n) is 25.2. The van der Waals surface area contributed by atoms with Crippen molar-refractivity contribution in [1.29, 1.82) is 0 Å². The molecule has 69 heavy (non-hydrogen) atoms. The second-order valence-corrected chi connectivity index (χ2v) is 23.6. The summed E-state index contributed by atoms with van der Waals surface area (Å²) in [4.78, 5) is 72.2. The molecule has 4 aliphatic rings. The second-order valence-electron chi connectivity index (χ2n) is 20.9. The van der Waals surface area contributed by atoms with E-state index in [1.807, 2.05) is 58.1 Å². The molecule has 0 radical (unpaired) electrons. The van der Waals surface area contributed by atoms with Crippen molar-refractivity contribution in [2.45, 2.75) is 180 Å². The van der Waals surface area contributed by atoms with Crippen LogP contribution in [0.2, 0.25) is 0 Å². The van der Waals surface area contributed by atoms with Crippen molar-refractivity contribution in [3.63, 3.8) is 0 Å². The van der Waals surface area contributed by atoms with Crippen LogP contribution in [0.15, 0.2) is 47.6 Å². The van der Waals surface area contributed by atoms with E-state index in [2.05, 4.69) is 0 Å². The summed E-state index contributed by atoms with van der Waals surface area (Å²) in [6.45, 7) is 15.9. The summed E-state index contributed by atoms with van der Waals surface area (Å²) in [7, 11) is 1.76. The van der Waals surface area contributed by atoms with E-state index in [0.29, 0.717) is 63.4 Å². The van der Waals surface area contributed by atoms with Gasteiger partial charge in [0.25, 0.3) is 11.7 Å². The van der Waals surface area contributed by atoms with Gasteiger partial charge in [0.15, 0.2) is 13.2 Å². The van der Waals surface area contributed by atoms with Gasteiger partial charge in [0, 0.05) is 71.8 Å². The van der Waals surface area contributed by atoms with Crippen LogP contribution in [0.1, 0.15) is 126 Å². The predicted octanol–water partition coefficient (Wildman–Crippen LogP) is 7.74. The number of aliphatic hydroxyl groups excluding tert-OH is 1. The number of amides is 1. The number of ketones is 3. The first-order chi connectivity index (χ1) is 32.4. The minimum atomic E-state index is -2.79. The Balaban J connectivity index is 1.70. The summed E-state index contributed by atoms with van der Waals surface area (Å²) >= 11 is 0. The van der Waals surface area contributed by atoms with Gasteiger partial charge in [-0.15, -0.1) is 0 Å². The number of fused-ring (bicyclic) bond motifs is 3. The van der Waals surface area contributed by atoms with Crippen molar-refractivity contribution >= 4 is 36.6 Å². The zero-order valence-electron chi connectivity index (χ0n) is 43.4. The molecule has 2 N–H and O–H groups in total. The van der Waals surface area contributed by atoms with Gasteiger partial charge in [0.2, 0.25) is 5.79 Å². The number of aliphatic hydroxyl groups is 2. The predicted molar refractivity (Wildman–Crippen MR) is 263 cm³/mol. The van der Waals surface area contributed by atoms with Crippen molar-refractivity contribution in [1.82, 2.24) is 4.90 Å². The molecule has 1 aliphatic carbocycles. The quantitative estimate of drug-likeness (QED) is 0.104. The van der Waals surface area contributed by atoms with E-state index >= 15 is 0 Å². The van der Waals surface area contributed by atoms with Gasteiger partial charge in [-0.25, -0.2) is 4.79 Å². The van der Waals surface area contributed by atoms with Crippen LogP contribution in [0.3, 0.4) is 0 Å². The van der Waals surface area contributed by atoms with Crippen LogP contribution in [0, 0.1) is 35.5 Å². The van der Waals surface area contributed by atoms with E-state index in [1.54, 1.807) is 54.4 Å². The number of nitrogens with zero attached hydrogens (tertiary/aromatic N) is 1. The Morgan fingerprint density at radius 2 is 1.57 bits per heavy atom. The maximum Gasteiger partial charge on any atom is 0.329 e. The SMILES string of the molecule is CO[C@@H]1C[C@@H]2CC[C@@H](C)[C@@](O)(O2)C(=O)C(=O)N2CCCC[C@H]2C(=O)O[C@H]([C@H](C)C[C@@H]2CC[C@@H](OP(C)(C)=O)[C@H](OC)C2)CC(=O)[C@H](C)/C=C(\C)[C@@H](O)[C@@H](OC)C(=O)[C@H](C)C[C@H](C)/C=C/C=C/C=C/1C. The molecule has 3 fully saturated rings. The number of hydrogen-bond donors (Lipinski definition) is 2. The van der Waals surface area contributed by atoms with Gasteiger partial charge >= 0.3 is 5.97 Å². The van der Waals surface area contributed by atoms with Crippen molar-refractivity contribution < 1.29 is 67.0 Å². The van der Waals surface area contributed by atoms with Crippen molar-refractivity contribution in [3.8, 4) is 0 Å². The minimum Gasteiger partial charge on any atom is -0.460 e. The number of hydrogen-bond acceptors (Lipinski definition) is 14. The van der Waals surface area contributed by atoms with Crippen LogP contribution in [0.5, 0.6) is 0 Å². The fourth-order valence-corrected chi connectivity index (χ4v) is 11.4. The standard InChI is InChI=1S/C53H84NO14P/c1-32-18-14-13-15-19-33(2)44(63-8)30-40-23-21-38(7)53(61,67-40)50(58)51(59)54-25-17-16-20-41(54)52(60)66-45(35(4)28-39-22-24-43(46(29-39)64-9)68-69(11,12)62)31-42(55)34(3)27-37(6)48(57)49(65-10)47(56)36(5)26-32/h13-15,18-19,27,32,34-36,38-41,43-46,48-49,57,61H,16-17,20-26,28-31H2,1-12H3/b15-13+,18-14+,33-19+,37-27+/t32-,34-,35-,36-,38-,39+,40+,41+,43-,44-,45+,46-,48-,49+,53-/m1/s1. The Morgan fingerprint density at radius 1 is 0.855 bits per heavy atom. The lowest BCUT2D eigenvalue weighted by atomic mass is 9.78. The Hall–Kier alpha value is -3.14. The lowest BCUT2D eigenvalue weighted by Crippen LogP contribution is -2.61. The molecular formula is C53H84NO14P. The average molecular weight is 990 g/mol. The van der Waals surface area contributed by atoms with E-state index in [-0.39, 0.29) is 60.9 Å². The average Bonchev–Trinajstić information content (AvgIpc) is 3.30. The molecule has 4 rings (SSSR count). The molecule has 0 aromatic heterocycles. The summed E-state index contributed by atoms with van der Waals surface area (Å²) in [5.41, 5.74) is 1.25. The van der Waals surface area contributed by atoms with Gasteiger partial charge in [0.1, 0.15) is 30.1 Å². The monoisotopic (exact) mass is 990 g/mol. The maximum atomic E-state index is 14.5. The van der Waals surface area contributed by atoms with Gasteiger partial charge in [-0.3, -0.25) is 23.7 Å². The normalized spacial score (nSPS) is 39.0. The van der Waals surface area contributed by atoms with Crippen LogP contribution in [0.4, 0.5) is 0 Å². The molecule has 0 unspecified atom stereocenters. The summed E-state index contributed by atoms with van der Waals surface area (Å²) in [5.74, 6) is -8.11. The zero-order chi connectivity index (χ0) is 51.4. The van der Waals surface area contributed by atoms with E-state index < -0.39 is 85.1 Å². The van der Waals surface area contributed by atoms with Crippen LogP contribution >= 0.6 is 7.37 Å². The van der Waals surface area contributed by atoms with Crippen molar-refractivity contribution in [2.24, 2.45) is 35.5 Å². The Morgan fingerprint density at radius 3 is 2.22 bits per heavy atom. The van der Waals surface area contributed by atoms with Crippen molar-refractivity contribution in [2.75, 3.05) is 41.2 Å². The molecule has 1 saturated carbocycles. The Bertz CT molecular complexity index is 1940. The number of Topliss-reactive ketones (excluding diaryl/α,β-unsaturated/α-hetero) is 3. The number of cyclic esters (lactones) is 1. The molecule has 0 aromatic rings. The number of allylic oxidation sites excluding steroid dienone is 6. The summed E-state index contributed by atoms with van der Waals surface area (Å²) < 4.78 is 48.2. The highest BCUT2D eigenvalue weighted by atomic mass is 31.2. The molecule has 15 nitrogen and oxygen atoms in total. The first kappa shape index (κ1) is 58.4. The highest BCUT2D eigenvalue weighted by Crippen LogP contribution is 2.45. The van der Waals surface area contributed by atoms with Gasteiger partial charge in [-0.2, -0.15) is 0 Å². The molecule has 2 bridgehead atoms. The summed E-state index contributed by atoms with van der Waals surface area (Å²) in [6, 6.07) is -1.16. The lowest BCUT2D eigenvalue weighted by Gasteiger charge is -2.42. The minimum absolute atomic E-state index is 0.0117. The van der Waals surface area contributed by atoms with E-state index in [4.69, 9.17) is 28.2 Å². The smallest absolute Gasteiger partial charge is 0.329 e. The third kappa shape index (κ3) is 16.2. The van der Waals surface area contributed by atoms with E-state index in [9.17, 15) is 38.8 Å². The number of ether oxygens (including phenoxy) is 5. The van der Waals surface area contributed by atoms with E-state index in [0.717, 1.165) is 12.0 Å². The third-order valence-corrected chi connectivity index (χ3v) is 15.6. The van der Waals surface area contributed by atoms with Crippen LogP contribution in [0.25, 0.3) is 0 Å². The molecule has 16 heteroatoms. The maximum absolute atomic E-state index is 14.5. The topological polar surface area (TPSA) is 201 Å². The van der Waals surface area contributed by atoms with Gasteiger partial charge in [-0.1, -0.05) is 71.1 Å². The number of esters is 1. The number of carbonyl (C=O) groups excluding carboxylic acids is 5. The molecule has 1 amide bonds. The summed E-state index contributed by atoms with van der Waals surface area (Å²) in [6.07, 6.45) is 11.4. The number of methoxy groups -OCH3 is 3. The molecule has 0 aromatic carbocycles.